The molecule has 0 saturated carbocycles. The molecule has 5 nitrogen and oxygen atoms in total. The summed E-state index contributed by atoms with van der Waals surface area (Å²) in [4.78, 5) is 10.1. The molecule has 5 heteroatoms. The van der Waals surface area contributed by atoms with Gasteiger partial charge in [-0.2, -0.15) is 0 Å². The summed E-state index contributed by atoms with van der Waals surface area (Å²) in [5.74, 6) is 2.35. The van der Waals surface area contributed by atoms with E-state index in [9.17, 15) is 0 Å². The summed E-state index contributed by atoms with van der Waals surface area (Å²) >= 11 is 0. The van der Waals surface area contributed by atoms with Crippen LogP contribution in [0.4, 0.5) is 22.7 Å². The monoisotopic (exact) mass is 1180 g/mol. The van der Waals surface area contributed by atoms with E-state index < -0.39 is 5.41 Å². The van der Waals surface area contributed by atoms with Crippen molar-refractivity contribution in [3.8, 4) is 61.8 Å². The van der Waals surface area contributed by atoms with Gasteiger partial charge in [-0.05, 0) is 161 Å². The third-order valence-electron chi connectivity index (χ3n) is 19.7. The Hall–Kier alpha value is -10.2. The smallest absolute Gasteiger partial charge is 0.137 e. The number of hydrogen-bond donors (Lipinski definition) is 0. The van der Waals surface area contributed by atoms with Gasteiger partial charge in [0.05, 0.1) is 33.5 Å². The van der Waals surface area contributed by atoms with Crippen molar-refractivity contribution in [2.45, 2.75) is 90.4 Å². The molecule has 0 radical (unpaired) electrons. The molecule has 0 fully saturated rings. The van der Waals surface area contributed by atoms with Gasteiger partial charge in [-0.1, -0.05) is 244 Å². The number of rotatable bonds is 8. The number of benzene rings is 11. The number of pyridine rings is 1. The Kier molecular flexibility index (Phi) is 12.9. The van der Waals surface area contributed by atoms with Crippen LogP contribution in [0.3, 0.4) is 0 Å². The van der Waals surface area contributed by atoms with E-state index >= 15 is 0 Å². The van der Waals surface area contributed by atoms with Crippen LogP contribution in [0.15, 0.2) is 261 Å². The summed E-state index contributed by atoms with van der Waals surface area (Å²) in [6, 6.07) is 95.0. The number of hydrogen-bond acceptors (Lipinski definition) is 4. The Balaban J connectivity index is 0.802. The lowest BCUT2D eigenvalue weighted by Crippen LogP contribution is -2.34. The highest BCUT2D eigenvalue weighted by Gasteiger charge is 2.50. The van der Waals surface area contributed by atoms with Gasteiger partial charge in [0.1, 0.15) is 24.0 Å². The fourth-order valence-corrected chi connectivity index (χ4v) is 15.0. The van der Waals surface area contributed by atoms with Crippen LogP contribution in [0.1, 0.15) is 112 Å². The molecule has 0 amide bonds. The van der Waals surface area contributed by atoms with Gasteiger partial charge < -0.3 is 14.5 Å². The van der Waals surface area contributed by atoms with Crippen LogP contribution in [-0.4, -0.2) is 16.2 Å². The third kappa shape index (κ3) is 9.22. The second kappa shape index (κ2) is 20.9. The molecule has 0 saturated heterocycles. The minimum Gasteiger partial charge on any atom is -0.457 e. The third-order valence-corrected chi connectivity index (χ3v) is 19.7. The first kappa shape index (κ1) is 56.0. The maximum Gasteiger partial charge on any atom is 0.137 e. The summed E-state index contributed by atoms with van der Waals surface area (Å²) in [5, 5.41) is 2.31. The largest absolute Gasteiger partial charge is 0.457 e. The Labute approximate surface area is 535 Å². The SMILES string of the molecule is CC(C)(C)c1ccc(-c2ccc(-n3c4ccccc4c4ccc(Oc5cccc(N6CN(c7c(-c8cc(C(C)(C)C)cc(C(C)(C)C)c8)cccc7-c7ccc8c(c7)-c7ccccc7C87c8ccccc8Cc8ccccc87)c7ccccc76)c5)cc43)nc2)cc1. The second-order valence-electron chi connectivity index (χ2n) is 28.4. The Morgan fingerprint density at radius 3 is 1.63 bits per heavy atom. The van der Waals surface area contributed by atoms with Crippen molar-refractivity contribution in [2.24, 2.45) is 0 Å². The van der Waals surface area contributed by atoms with Crippen molar-refractivity contribution in [3.05, 3.63) is 311 Å². The summed E-state index contributed by atoms with van der Waals surface area (Å²) in [5.41, 5.74) is 27.9. The summed E-state index contributed by atoms with van der Waals surface area (Å²) in [7, 11) is 0. The lowest BCUT2D eigenvalue weighted by atomic mass is 9.61. The Bertz CT molecular complexity index is 4970. The zero-order valence-electron chi connectivity index (χ0n) is 53.4. The van der Waals surface area contributed by atoms with E-state index in [0.717, 1.165) is 68.3 Å². The highest BCUT2D eigenvalue weighted by molar-refractivity contribution is 6.09. The van der Waals surface area contributed by atoms with Crippen LogP contribution < -0.4 is 14.5 Å². The topological polar surface area (TPSA) is 33.5 Å². The highest BCUT2D eigenvalue weighted by atomic mass is 16.5. The van der Waals surface area contributed by atoms with E-state index in [0.29, 0.717) is 6.67 Å². The van der Waals surface area contributed by atoms with E-state index in [1.54, 1.807) is 0 Å². The zero-order chi connectivity index (χ0) is 62.1. The lowest BCUT2D eigenvalue weighted by Gasteiger charge is -2.40. The van der Waals surface area contributed by atoms with Crippen LogP contribution in [-0.2, 0) is 28.1 Å². The quantitative estimate of drug-likeness (QED) is 0.152. The van der Waals surface area contributed by atoms with Crippen molar-refractivity contribution >= 4 is 44.6 Å². The fraction of sp³-hybridized carbons (Fsp3) is 0.174. The molecule has 2 aliphatic carbocycles. The lowest BCUT2D eigenvalue weighted by molar-refractivity contribution is 0.483. The second-order valence-corrected chi connectivity index (χ2v) is 28.4. The molecule has 16 rings (SSSR count). The first-order valence-corrected chi connectivity index (χ1v) is 32.2. The zero-order valence-corrected chi connectivity index (χ0v) is 53.4. The van der Waals surface area contributed by atoms with Gasteiger partial charge in [0.15, 0.2) is 0 Å². The predicted molar refractivity (Wildman–Crippen MR) is 380 cm³/mol. The molecule has 1 aliphatic heterocycles. The standard InChI is InChI=1S/C86H74N4O/c1-83(2,3)61-40-36-55(37-41-61)59-39-45-81(87-53-59)90-77-33-17-13-27-70(77)71-43-42-66(52-80(71)90)91-65-25-20-24-64(51-65)88-54-89(79-35-19-18-34-78(79)88)82-67(28-21-29-68(82)60-47-62(84(4,5)6)50-63(48-60)85(7,8)9)56-38-44-76-72(49-56)69-26-12-16-32-75(69)86(76)73-30-14-10-22-57(73)46-58-23-11-15-31-74(58)86/h10-45,47-53H,46,54H2,1-9H3. The van der Waals surface area contributed by atoms with Gasteiger partial charge in [-0.3, -0.25) is 4.57 Å². The van der Waals surface area contributed by atoms with Gasteiger partial charge >= 0.3 is 0 Å². The van der Waals surface area contributed by atoms with E-state index in [1.165, 1.54) is 94.5 Å². The van der Waals surface area contributed by atoms with Crippen molar-refractivity contribution in [3.63, 3.8) is 0 Å². The molecular weight excluding hydrogens is 1100 g/mol. The molecule has 3 aliphatic rings. The normalized spacial score (nSPS) is 13.9. The van der Waals surface area contributed by atoms with Crippen LogP contribution in [0, 0.1) is 0 Å². The number of fused-ring (bicyclic) bond motifs is 13. The molecule has 13 aromatic rings. The molecule has 0 atom stereocenters. The molecule has 1 spiro atoms. The Morgan fingerprint density at radius 2 is 0.934 bits per heavy atom. The minimum absolute atomic E-state index is 0.0779. The first-order valence-electron chi connectivity index (χ1n) is 32.2. The molecule has 11 aromatic carbocycles. The average molecular weight is 1180 g/mol. The van der Waals surface area contributed by atoms with Crippen LogP contribution in [0.5, 0.6) is 11.5 Å². The van der Waals surface area contributed by atoms with E-state index in [-0.39, 0.29) is 16.2 Å². The van der Waals surface area contributed by atoms with Crippen molar-refractivity contribution < 1.29 is 4.74 Å². The van der Waals surface area contributed by atoms with Crippen molar-refractivity contribution in [1.82, 2.24) is 9.55 Å². The molecule has 0 N–H and O–H groups in total. The van der Waals surface area contributed by atoms with Crippen molar-refractivity contribution in [2.75, 3.05) is 16.5 Å². The number of aromatic nitrogens is 2. The number of nitrogens with zero attached hydrogens (tertiary/aromatic N) is 4. The maximum absolute atomic E-state index is 6.98. The van der Waals surface area contributed by atoms with E-state index in [2.05, 4.69) is 331 Å². The van der Waals surface area contributed by atoms with Gasteiger partial charge in [0.25, 0.3) is 0 Å². The molecule has 0 unspecified atom stereocenters. The molecule has 0 bridgehead atoms. The minimum atomic E-state index is -0.443. The van der Waals surface area contributed by atoms with Crippen LogP contribution >= 0.6 is 0 Å². The number of para-hydroxylation sites is 4. The van der Waals surface area contributed by atoms with Gasteiger partial charge in [0.2, 0.25) is 0 Å². The van der Waals surface area contributed by atoms with Gasteiger partial charge in [0, 0.05) is 51.5 Å². The summed E-state index contributed by atoms with van der Waals surface area (Å²) in [6.07, 6.45) is 2.92. The van der Waals surface area contributed by atoms with E-state index in [1.807, 2.05) is 6.20 Å². The number of anilines is 4. The maximum atomic E-state index is 6.98. The van der Waals surface area contributed by atoms with E-state index in [4.69, 9.17) is 9.72 Å². The Morgan fingerprint density at radius 1 is 0.374 bits per heavy atom. The fourth-order valence-electron chi connectivity index (χ4n) is 15.0. The average Bonchev–Trinajstić information content (AvgIpc) is 1.58. The van der Waals surface area contributed by atoms with Gasteiger partial charge in [-0.15, -0.1) is 0 Å². The van der Waals surface area contributed by atoms with Crippen LogP contribution in [0.2, 0.25) is 0 Å². The molecular formula is C86H74N4O. The molecule has 2 aromatic heterocycles. The molecule has 91 heavy (non-hydrogen) atoms. The highest BCUT2D eigenvalue weighted by Crippen LogP contribution is 2.61. The van der Waals surface area contributed by atoms with Crippen molar-refractivity contribution in [1.29, 1.82) is 0 Å². The van der Waals surface area contributed by atoms with Crippen LogP contribution in [0.25, 0.3) is 72.1 Å². The summed E-state index contributed by atoms with van der Waals surface area (Å²) < 4.78 is 9.25. The summed E-state index contributed by atoms with van der Waals surface area (Å²) in [6.45, 7) is 21.3. The molecule has 3 heterocycles. The molecule has 444 valence electrons. The predicted octanol–water partition coefficient (Wildman–Crippen LogP) is 22.4. The first-order chi connectivity index (χ1) is 44.0. The van der Waals surface area contributed by atoms with Gasteiger partial charge in [-0.25, -0.2) is 4.98 Å². The number of ether oxygens (including phenoxy) is 1.